The number of nitrogens with one attached hydrogen (secondary N) is 3. The van der Waals surface area contributed by atoms with Crippen LogP contribution in [0.2, 0.25) is 0 Å². The molecule has 7 nitrogen and oxygen atoms in total. The molecular weight excluding hydrogens is 327 g/mol. The van der Waals surface area contributed by atoms with Crippen LogP contribution in [0.25, 0.3) is 0 Å². The van der Waals surface area contributed by atoms with Crippen molar-refractivity contribution in [3.05, 3.63) is 30.1 Å². The van der Waals surface area contributed by atoms with Gasteiger partial charge in [0.1, 0.15) is 5.82 Å². The highest BCUT2D eigenvalue weighted by Crippen LogP contribution is 2.07. The van der Waals surface area contributed by atoms with Crippen molar-refractivity contribution in [2.75, 3.05) is 31.5 Å². The zero-order valence-electron chi connectivity index (χ0n) is 14.8. The molecule has 0 saturated heterocycles. The van der Waals surface area contributed by atoms with Gasteiger partial charge in [-0.05, 0) is 44.7 Å². The van der Waals surface area contributed by atoms with Crippen LogP contribution in [0, 0.1) is 5.82 Å². The number of rotatable bonds is 9. The normalized spacial score (nSPS) is 10.6. The van der Waals surface area contributed by atoms with Gasteiger partial charge < -0.3 is 16.0 Å². The largest absolute Gasteiger partial charge is 0.353 e. The molecule has 0 aliphatic carbocycles. The zero-order valence-corrected chi connectivity index (χ0v) is 14.8. The van der Waals surface area contributed by atoms with E-state index in [1.54, 1.807) is 4.90 Å². The number of nitrogens with zero attached hydrogens (tertiary/aromatic N) is 1. The summed E-state index contributed by atoms with van der Waals surface area (Å²) in [5.41, 5.74) is 0.446. The maximum absolute atomic E-state index is 12.8. The van der Waals surface area contributed by atoms with Gasteiger partial charge in [-0.15, -0.1) is 0 Å². The molecule has 0 spiro atoms. The molecule has 1 rings (SSSR count). The third-order valence-corrected chi connectivity index (χ3v) is 3.21. The summed E-state index contributed by atoms with van der Waals surface area (Å²) in [5.74, 6) is -1.32. The molecule has 0 saturated carbocycles. The fourth-order valence-electron chi connectivity index (χ4n) is 2.03. The second kappa shape index (κ2) is 10.4. The SMILES string of the molecule is CCN(CC(=O)NCC(=O)Nc1ccc(F)cc1)CC(=O)NC(C)C. The molecule has 0 bridgehead atoms. The molecule has 0 atom stereocenters. The predicted octanol–water partition coefficient (Wildman–Crippen LogP) is 0.727. The van der Waals surface area contributed by atoms with Crippen molar-refractivity contribution >= 4 is 23.4 Å². The van der Waals surface area contributed by atoms with Crippen LogP contribution in [0.15, 0.2) is 24.3 Å². The van der Waals surface area contributed by atoms with E-state index in [1.807, 2.05) is 20.8 Å². The number of benzene rings is 1. The Morgan fingerprint density at radius 3 is 2.20 bits per heavy atom. The highest BCUT2D eigenvalue weighted by molar-refractivity contribution is 5.94. The first kappa shape index (κ1) is 20.6. The molecule has 1 aromatic carbocycles. The number of likely N-dealkylation sites (N-methyl/N-ethyl adjacent to an activating group) is 1. The van der Waals surface area contributed by atoms with Gasteiger partial charge in [-0.3, -0.25) is 19.3 Å². The van der Waals surface area contributed by atoms with Crippen LogP contribution in [0.5, 0.6) is 0 Å². The van der Waals surface area contributed by atoms with Gasteiger partial charge in [-0.25, -0.2) is 4.39 Å². The number of anilines is 1. The molecule has 0 aliphatic rings. The second-order valence-corrected chi connectivity index (χ2v) is 5.86. The van der Waals surface area contributed by atoms with Crippen LogP contribution in [0.4, 0.5) is 10.1 Å². The van der Waals surface area contributed by atoms with E-state index < -0.39 is 11.7 Å². The Morgan fingerprint density at radius 2 is 1.64 bits per heavy atom. The summed E-state index contributed by atoms with van der Waals surface area (Å²) in [6, 6.07) is 5.36. The lowest BCUT2D eigenvalue weighted by Crippen LogP contribution is -2.45. The topological polar surface area (TPSA) is 90.5 Å². The lowest BCUT2D eigenvalue weighted by Gasteiger charge is -2.20. The summed E-state index contributed by atoms with van der Waals surface area (Å²) in [4.78, 5) is 37.1. The number of hydrogen-bond donors (Lipinski definition) is 3. The summed E-state index contributed by atoms with van der Waals surface area (Å²) >= 11 is 0. The van der Waals surface area contributed by atoms with E-state index in [-0.39, 0.29) is 37.5 Å². The van der Waals surface area contributed by atoms with E-state index >= 15 is 0 Å². The average molecular weight is 352 g/mol. The number of carbonyl (C=O) groups is 3. The van der Waals surface area contributed by atoms with E-state index in [0.29, 0.717) is 12.2 Å². The smallest absolute Gasteiger partial charge is 0.243 e. The zero-order chi connectivity index (χ0) is 18.8. The first-order chi connectivity index (χ1) is 11.8. The van der Waals surface area contributed by atoms with Crippen molar-refractivity contribution < 1.29 is 18.8 Å². The highest BCUT2D eigenvalue weighted by atomic mass is 19.1. The summed E-state index contributed by atoms with van der Waals surface area (Å²) in [6.07, 6.45) is 0. The molecular formula is C17H25FN4O3. The molecule has 1 aromatic rings. The summed E-state index contributed by atoms with van der Waals surface area (Å²) in [5, 5.41) is 7.80. The average Bonchev–Trinajstić information content (AvgIpc) is 2.53. The molecule has 0 unspecified atom stereocenters. The van der Waals surface area contributed by atoms with Crippen molar-refractivity contribution in [3.63, 3.8) is 0 Å². The second-order valence-electron chi connectivity index (χ2n) is 5.86. The molecule has 0 fully saturated rings. The van der Waals surface area contributed by atoms with E-state index in [0.717, 1.165) is 0 Å². The third-order valence-electron chi connectivity index (χ3n) is 3.21. The fourth-order valence-corrected chi connectivity index (χ4v) is 2.03. The van der Waals surface area contributed by atoms with E-state index in [2.05, 4.69) is 16.0 Å². The Morgan fingerprint density at radius 1 is 1.04 bits per heavy atom. The van der Waals surface area contributed by atoms with Gasteiger partial charge >= 0.3 is 0 Å². The van der Waals surface area contributed by atoms with Crippen LogP contribution >= 0.6 is 0 Å². The van der Waals surface area contributed by atoms with Crippen molar-refractivity contribution in [1.82, 2.24) is 15.5 Å². The number of halogens is 1. The minimum Gasteiger partial charge on any atom is -0.353 e. The van der Waals surface area contributed by atoms with Gasteiger partial charge in [-0.2, -0.15) is 0 Å². The molecule has 0 heterocycles. The molecule has 3 N–H and O–H groups in total. The van der Waals surface area contributed by atoms with E-state index in [9.17, 15) is 18.8 Å². The van der Waals surface area contributed by atoms with Crippen molar-refractivity contribution in [3.8, 4) is 0 Å². The Balaban J connectivity index is 2.35. The van der Waals surface area contributed by atoms with Crippen molar-refractivity contribution in [2.45, 2.75) is 26.8 Å². The van der Waals surface area contributed by atoms with Crippen LogP contribution in [0.3, 0.4) is 0 Å². The van der Waals surface area contributed by atoms with Gasteiger partial charge in [0.25, 0.3) is 0 Å². The number of carbonyl (C=O) groups excluding carboxylic acids is 3. The number of hydrogen-bond acceptors (Lipinski definition) is 4. The quantitative estimate of drug-likeness (QED) is 0.611. The lowest BCUT2D eigenvalue weighted by atomic mass is 10.3. The fraction of sp³-hybridized carbons (Fsp3) is 0.471. The monoisotopic (exact) mass is 352 g/mol. The molecule has 0 aliphatic heterocycles. The Bertz CT molecular complexity index is 590. The highest BCUT2D eigenvalue weighted by Gasteiger charge is 2.14. The molecule has 0 aromatic heterocycles. The van der Waals surface area contributed by atoms with Crippen molar-refractivity contribution in [2.24, 2.45) is 0 Å². The van der Waals surface area contributed by atoms with Crippen molar-refractivity contribution in [1.29, 1.82) is 0 Å². The molecule has 3 amide bonds. The molecule has 0 radical (unpaired) electrons. The minimum absolute atomic E-state index is 0.0197. The summed E-state index contributed by atoms with van der Waals surface area (Å²) < 4.78 is 12.8. The van der Waals surface area contributed by atoms with Crippen LogP contribution in [-0.4, -0.2) is 54.8 Å². The first-order valence-electron chi connectivity index (χ1n) is 8.14. The molecule has 8 heteroatoms. The van der Waals surface area contributed by atoms with Gasteiger partial charge in [0.05, 0.1) is 19.6 Å². The van der Waals surface area contributed by atoms with E-state index in [1.165, 1.54) is 24.3 Å². The maximum atomic E-state index is 12.8. The first-order valence-corrected chi connectivity index (χ1v) is 8.14. The molecule has 138 valence electrons. The Hall–Kier alpha value is -2.48. The van der Waals surface area contributed by atoms with Gasteiger partial charge in [0, 0.05) is 11.7 Å². The Kier molecular flexibility index (Phi) is 8.55. The van der Waals surface area contributed by atoms with Crippen LogP contribution in [0.1, 0.15) is 20.8 Å². The minimum atomic E-state index is -0.416. The summed E-state index contributed by atoms with van der Waals surface area (Å²) in [6.45, 7) is 6.03. The van der Waals surface area contributed by atoms with E-state index in [4.69, 9.17) is 0 Å². The van der Waals surface area contributed by atoms with Gasteiger partial charge in [0.15, 0.2) is 0 Å². The lowest BCUT2D eigenvalue weighted by molar-refractivity contribution is -0.127. The van der Waals surface area contributed by atoms with Crippen LogP contribution in [-0.2, 0) is 14.4 Å². The maximum Gasteiger partial charge on any atom is 0.243 e. The third kappa shape index (κ3) is 8.80. The predicted molar refractivity (Wildman–Crippen MR) is 93.4 cm³/mol. The summed E-state index contributed by atoms with van der Waals surface area (Å²) in [7, 11) is 0. The van der Waals surface area contributed by atoms with Crippen LogP contribution < -0.4 is 16.0 Å². The van der Waals surface area contributed by atoms with Gasteiger partial charge in [-0.1, -0.05) is 6.92 Å². The van der Waals surface area contributed by atoms with Gasteiger partial charge in [0.2, 0.25) is 17.7 Å². The standard InChI is InChI=1S/C17H25FN4O3/c1-4-22(11-17(25)20-12(2)3)10-16(24)19-9-15(23)21-14-7-5-13(18)6-8-14/h5-8,12H,4,9-11H2,1-3H3,(H,19,24)(H,20,25)(H,21,23). The Labute approximate surface area is 147 Å². The molecule has 25 heavy (non-hydrogen) atoms. The number of amides is 3.